The van der Waals surface area contributed by atoms with E-state index < -0.39 is 97.5 Å². The van der Waals surface area contributed by atoms with Gasteiger partial charge in [0.15, 0.2) is 12.2 Å². The van der Waals surface area contributed by atoms with Crippen LogP contribution in [-0.2, 0) is 65.4 Å². The first-order valence-electron chi connectivity index (χ1n) is 38.5. The SMILES string of the molecule is CC/C=C\C/C=C\C/C=C\C/C=C\C/C=C\CC(=O)OCC(COP(=O)(O)OCC(O)COP(=O)(O)OCC(COC(=O)CCCCCCCCCCCCCCCCC)OC(=O)CCCCCCCCCCCCCCC)OC(=O)CCCCCCCCCCCCCCC. The first kappa shape index (κ1) is 92.8. The molecule has 3 N–H and O–H groups in total. The molecular weight excluding hydrogens is 1260 g/mol. The van der Waals surface area contributed by atoms with Crippen molar-refractivity contribution in [3.63, 3.8) is 0 Å². The number of hydrogen-bond acceptors (Lipinski definition) is 15. The number of unbranched alkanes of at least 4 members (excludes halogenated alkanes) is 38. The number of aliphatic hydroxyl groups is 1. The van der Waals surface area contributed by atoms with Gasteiger partial charge in [-0.1, -0.05) is 332 Å². The summed E-state index contributed by atoms with van der Waals surface area (Å²) in [5.41, 5.74) is 0. The van der Waals surface area contributed by atoms with Gasteiger partial charge >= 0.3 is 39.5 Å². The van der Waals surface area contributed by atoms with Crippen molar-refractivity contribution in [2.75, 3.05) is 39.6 Å². The lowest BCUT2D eigenvalue weighted by Crippen LogP contribution is -2.30. The van der Waals surface area contributed by atoms with Gasteiger partial charge in [0.1, 0.15) is 19.3 Å². The van der Waals surface area contributed by atoms with Crippen LogP contribution >= 0.6 is 15.6 Å². The van der Waals surface area contributed by atoms with Gasteiger partial charge < -0.3 is 33.8 Å². The highest BCUT2D eigenvalue weighted by Crippen LogP contribution is 2.45. The Labute approximate surface area is 584 Å². The molecule has 0 aromatic heterocycles. The zero-order chi connectivity index (χ0) is 70.4. The van der Waals surface area contributed by atoms with Crippen molar-refractivity contribution >= 4 is 39.5 Å². The van der Waals surface area contributed by atoms with Gasteiger partial charge in [0, 0.05) is 19.3 Å². The standard InChI is InChI=1S/C77H140O17P2/c1-5-9-13-17-21-25-29-33-35-39-41-45-49-53-57-61-74(79)87-67-72(93-76(81)63-59-55-51-47-43-37-31-27-23-19-15-11-7-3)69-91-95(83,84)89-65-71(78)66-90-96(85,86)92-70-73(94-77(82)64-60-56-52-48-44-38-32-28-24-20-16-12-8-4)68-88-75(80)62-58-54-50-46-42-40-36-34-30-26-22-18-14-10-6-2/h9,13,21,25,33,35,41,45,53,57,71-73,78H,5-8,10-12,14-20,22-24,26-32,34,36-40,42-44,46-52,54-56,58-70H2,1-4H3,(H,83,84)(H,85,86)/b13-9-,25-21-,35-33-,45-41-,57-53-. The van der Waals surface area contributed by atoms with Crippen LogP contribution in [0, 0.1) is 0 Å². The molecule has 0 saturated carbocycles. The lowest BCUT2D eigenvalue weighted by atomic mass is 10.0. The summed E-state index contributed by atoms with van der Waals surface area (Å²) in [6.07, 6.45) is 68.1. The fourth-order valence-electron chi connectivity index (χ4n) is 10.7. The van der Waals surface area contributed by atoms with Crippen LogP contribution in [0.5, 0.6) is 0 Å². The van der Waals surface area contributed by atoms with E-state index in [0.717, 1.165) is 96.3 Å². The second-order valence-corrected chi connectivity index (χ2v) is 28.9. The molecule has 0 spiro atoms. The summed E-state index contributed by atoms with van der Waals surface area (Å²) < 4.78 is 68.4. The molecule has 0 aromatic rings. The number of rotatable bonds is 73. The normalized spacial score (nSPS) is 14.3. The van der Waals surface area contributed by atoms with Gasteiger partial charge in [-0.25, -0.2) is 9.13 Å². The zero-order valence-corrected chi connectivity index (χ0v) is 62.8. The number of aliphatic hydroxyl groups excluding tert-OH is 1. The number of esters is 4. The molecule has 0 heterocycles. The average molecular weight is 1400 g/mol. The molecule has 560 valence electrons. The van der Waals surface area contributed by atoms with Gasteiger partial charge in [0.2, 0.25) is 0 Å². The molecule has 96 heavy (non-hydrogen) atoms. The minimum absolute atomic E-state index is 0.0654. The van der Waals surface area contributed by atoms with Gasteiger partial charge in [-0.05, 0) is 51.4 Å². The molecule has 0 aliphatic heterocycles. The van der Waals surface area contributed by atoms with Crippen molar-refractivity contribution < 1.29 is 80.2 Å². The fraction of sp³-hybridized carbons (Fsp3) is 0.818. The summed E-state index contributed by atoms with van der Waals surface area (Å²) in [4.78, 5) is 72.7. The highest BCUT2D eigenvalue weighted by atomic mass is 31.2. The van der Waals surface area contributed by atoms with Crippen LogP contribution in [0.4, 0.5) is 0 Å². The Morgan fingerprint density at radius 3 is 0.833 bits per heavy atom. The molecule has 0 aliphatic carbocycles. The van der Waals surface area contributed by atoms with Gasteiger partial charge in [0.05, 0.1) is 32.8 Å². The maximum atomic E-state index is 13.1. The molecule has 5 unspecified atom stereocenters. The van der Waals surface area contributed by atoms with Crippen molar-refractivity contribution in [3.05, 3.63) is 60.8 Å². The van der Waals surface area contributed by atoms with Gasteiger partial charge in [0.25, 0.3) is 0 Å². The number of allylic oxidation sites excluding steroid dienone is 9. The number of phosphoric acid groups is 2. The van der Waals surface area contributed by atoms with E-state index in [0.29, 0.717) is 25.7 Å². The van der Waals surface area contributed by atoms with E-state index in [4.69, 9.17) is 37.0 Å². The van der Waals surface area contributed by atoms with E-state index in [1.165, 1.54) is 173 Å². The molecule has 19 heteroatoms. The Morgan fingerprint density at radius 2 is 0.542 bits per heavy atom. The third-order valence-corrected chi connectivity index (χ3v) is 18.5. The van der Waals surface area contributed by atoms with Gasteiger partial charge in [-0.2, -0.15) is 0 Å². The van der Waals surface area contributed by atoms with Crippen molar-refractivity contribution in [2.45, 2.75) is 367 Å². The molecule has 0 fully saturated rings. The zero-order valence-electron chi connectivity index (χ0n) is 61.1. The highest BCUT2D eigenvalue weighted by Gasteiger charge is 2.30. The third-order valence-electron chi connectivity index (χ3n) is 16.6. The van der Waals surface area contributed by atoms with Crippen LogP contribution in [0.25, 0.3) is 0 Å². The molecule has 0 amide bonds. The number of hydrogen-bond donors (Lipinski definition) is 3. The van der Waals surface area contributed by atoms with E-state index in [-0.39, 0.29) is 25.7 Å². The second kappa shape index (κ2) is 70.2. The van der Waals surface area contributed by atoms with Crippen LogP contribution in [0.3, 0.4) is 0 Å². The minimum Gasteiger partial charge on any atom is -0.462 e. The molecule has 0 aliphatic rings. The number of ether oxygens (including phenoxy) is 4. The summed E-state index contributed by atoms with van der Waals surface area (Å²) in [6, 6.07) is 0. The Hall–Kier alpha value is -3.24. The largest absolute Gasteiger partial charge is 0.472 e. The van der Waals surface area contributed by atoms with E-state index in [1.54, 1.807) is 6.08 Å². The van der Waals surface area contributed by atoms with Crippen molar-refractivity contribution in [1.82, 2.24) is 0 Å². The molecule has 5 atom stereocenters. The monoisotopic (exact) mass is 1400 g/mol. The molecule has 0 rings (SSSR count). The van der Waals surface area contributed by atoms with Crippen LogP contribution in [-0.4, -0.2) is 96.7 Å². The van der Waals surface area contributed by atoms with Crippen LogP contribution in [0.1, 0.15) is 349 Å². The first-order valence-corrected chi connectivity index (χ1v) is 41.5. The molecule has 17 nitrogen and oxygen atoms in total. The maximum absolute atomic E-state index is 13.1. The summed E-state index contributed by atoms with van der Waals surface area (Å²) in [6.45, 7) is 4.71. The first-order chi connectivity index (χ1) is 46.7. The topological polar surface area (TPSA) is 237 Å². The predicted octanol–water partition coefficient (Wildman–Crippen LogP) is 21.9. The van der Waals surface area contributed by atoms with Crippen molar-refractivity contribution in [2.24, 2.45) is 0 Å². The van der Waals surface area contributed by atoms with Gasteiger partial charge in [-0.3, -0.25) is 37.3 Å². The summed E-state index contributed by atoms with van der Waals surface area (Å²) in [5.74, 6) is -2.29. The van der Waals surface area contributed by atoms with Crippen LogP contribution < -0.4 is 0 Å². The Morgan fingerprint density at radius 1 is 0.302 bits per heavy atom. The predicted molar refractivity (Wildman–Crippen MR) is 390 cm³/mol. The highest BCUT2D eigenvalue weighted by molar-refractivity contribution is 7.47. The number of phosphoric ester groups is 2. The van der Waals surface area contributed by atoms with Crippen LogP contribution in [0.2, 0.25) is 0 Å². The fourth-order valence-corrected chi connectivity index (χ4v) is 12.3. The second-order valence-electron chi connectivity index (χ2n) is 26.0. The van der Waals surface area contributed by atoms with E-state index in [1.807, 2.05) is 18.2 Å². The van der Waals surface area contributed by atoms with Crippen molar-refractivity contribution in [3.8, 4) is 0 Å². The Balaban J connectivity index is 5.35. The molecule has 0 bridgehead atoms. The van der Waals surface area contributed by atoms with E-state index in [9.17, 15) is 43.2 Å². The smallest absolute Gasteiger partial charge is 0.462 e. The number of carbonyl (C=O) groups is 4. The molecule has 0 radical (unpaired) electrons. The lowest BCUT2D eigenvalue weighted by Gasteiger charge is -2.21. The third kappa shape index (κ3) is 69.2. The molecular formula is C77H140O17P2. The summed E-state index contributed by atoms with van der Waals surface area (Å²) >= 11 is 0. The average Bonchev–Trinajstić information content (AvgIpc) is 1.14. The van der Waals surface area contributed by atoms with E-state index in [2.05, 4.69) is 64.2 Å². The summed E-state index contributed by atoms with van der Waals surface area (Å²) in [5, 5.41) is 10.6. The van der Waals surface area contributed by atoms with Crippen LogP contribution in [0.15, 0.2) is 60.8 Å². The maximum Gasteiger partial charge on any atom is 0.472 e. The summed E-state index contributed by atoms with van der Waals surface area (Å²) in [7, 11) is -9.95. The van der Waals surface area contributed by atoms with Crippen molar-refractivity contribution in [1.29, 1.82) is 0 Å². The quantitative estimate of drug-likeness (QED) is 0.0169. The number of carbonyl (C=O) groups excluding carboxylic acids is 4. The molecule has 0 aromatic carbocycles. The Bertz CT molecular complexity index is 2060. The molecule has 0 saturated heterocycles. The van der Waals surface area contributed by atoms with Gasteiger partial charge in [-0.15, -0.1) is 0 Å². The van der Waals surface area contributed by atoms with E-state index >= 15 is 0 Å². The lowest BCUT2D eigenvalue weighted by molar-refractivity contribution is -0.161. The Kier molecular flexibility index (Phi) is 67.8. The minimum atomic E-state index is -4.98.